The van der Waals surface area contributed by atoms with Crippen LogP contribution >= 0.6 is 0 Å². The molecule has 0 aliphatic carbocycles. The zero-order chi connectivity index (χ0) is 50.4. The molecule has 0 aromatic rings. The van der Waals surface area contributed by atoms with Crippen molar-refractivity contribution in [2.24, 2.45) is 0 Å². The van der Waals surface area contributed by atoms with Crippen LogP contribution in [0, 0.1) is 0 Å². The van der Waals surface area contributed by atoms with Crippen LogP contribution in [-0.2, 0) is 14.3 Å². The lowest BCUT2D eigenvalue weighted by molar-refractivity contribution is -0.303. The minimum atomic E-state index is -1.67. The molecule has 1 rings (SSSR count). The molecule has 69 heavy (non-hydrogen) atoms. The molecule has 1 heterocycles. The second-order valence-electron chi connectivity index (χ2n) is 20.7. The molecule has 1 aliphatic heterocycles. The van der Waals surface area contributed by atoms with Gasteiger partial charge in [-0.25, -0.2) is 0 Å². The zero-order valence-corrected chi connectivity index (χ0v) is 44.6. The van der Waals surface area contributed by atoms with Gasteiger partial charge in [-0.15, -0.1) is 0 Å². The van der Waals surface area contributed by atoms with E-state index >= 15 is 0 Å². The summed E-state index contributed by atoms with van der Waals surface area (Å²) in [6.45, 7) is 3.46. The molecule has 0 spiro atoms. The van der Waals surface area contributed by atoms with Crippen LogP contribution in [0.4, 0.5) is 0 Å². The van der Waals surface area contributed by atoms with Gasteiger partial charge in [0, 0.05) is 0 Å². The Morgan fingerprint density at radius 1 is 0.493 bits per heavy atom. The van der Waals surface area contributed by atoms with Crippen molar-refractivity contribution in [3.8, 4) is 0 Å². The van der Waals surface area contributed by atoms with E-state index in [4.69, 9.17) is 9.47 Å². The van der Waals surface area contributed by atoms with Crippen LogP contribution in [0.2, 0.25) is 0 Å². The largest absolute Gasteiger partial charge is 0.394 e. The normalized spacial score (nSPS) is 20.5. The highest BCUT2D eigenvalue weighted by atomic mass is 16.7. The van der Waals surface area contributed by atoms with Gasteiger partial charge in [0.15, 0.2) is 6.29 Å². The fourth-order valence-corrected chi connectivity index (χ4v) is 9.46. The van der Waals surface area contributed by atoms with Gasteiger partial charge in [-0.1, -0.05) is 244 Å². The number of ether oxygens (including phenoxy) is 2. The molecular weight excluding hydrogens is 871 g/mol. The molecule has 0 radical (unpaired) electrons. The van der Waals surface area contributed by atoms with E-state index in [1.54, 1.807) is 0 Å². The first-order valence-electron chi connectivity index (χ1n) is 29.2. The van der Waals surface area contributed by atoms with Gasteiger partial charge in [0.1, 0.15) is 36.6 Å². The van der Waals surface area contributed by atoms with Gasteiger partial charge < -0.3 is 50.5 Å². The summed E-state index contributed by atoms with van der Waals surface area (Å²) in [5, 5.41) is 76.1. The molecule has 0 bridgehead atoms. The monoisotopic (exact) mass is 982 g/mol. The Morgan fingerprint density at radius 3 is 1.29 bits per heavy atom. The van der Waals surface area contributed by atoms with Gasteiger partial charge in [-0.05, 0) is 51.4 Å². The molecule has 1 aliphatic rings. The number of unbranched alkanes of at least 4 members (excludes halogenated alkanes) is 34. The fraction of sp³-hybridized carbons (Fsp3) is 0.914. The first-order chi connectivity index (χ1) is 33.7. The number of aliphatic hydroxyl groups is 7. The summed E-state index contributed by atoms with van der Waals surface area (Å²) in [5.74, 6) is -0.706. The number of allylic oxidation sites excluding steroid dienone is 4. The lowest BCUT2D eigenvalue weighted by atomic mass is 9.98. The van der Waals surface area contributed by atoms with Crippen LogP contribution in [0.15, 0.2) is 24.3 Å². The van der Waals surface area contributed by atoms with Crippen LogP contribution < -0.4 is 5.32 Å². The zero-order valence-electron chi connectivity index (χ0n) is 44.6. The van der Waals surface area contributed by atoms with Crippen molar-refractivity contribution in [3.63, 3.8) is 0 Å². The molecular formula is C58H111NO10. The predicted molar refractivity (Wildman–Crippen MR) is 284 cm³/mol. The fourth-order valence-electron chi connectivity index (χ4n) is 9.46. The van der Waals surface area contributed by atoms with Crippen molar-refractivity contribution in [2.75, 3.05) is 13.2 Å². The van der Waals surface area contributed by atoms with Crippen LogP contribution in [0.1, 0.15) is 271 Å². The van der Waals surface area contributed by atoms with Gasteiger partial charge in [0.25, 0.3) is 0 Å². The van der Waals surface area contributed by atoms with Crippen molar-refractivity contribution in [2.45, 2.75) is 326 Å². The molecule has 9 atom stereocenters. The lowest BCUT2D eigenvalue weighted by Gasteiger charge is -2.40. The Bertz CT molecular complexity index is 1170. The summed E-state index contributed by atoms with van der Waals surface area (Å²) in [7, 11) is 0. The third-order valence-electron chi connectivity index (χ3n) is 14.2. The van der Waals surface area contributed by atoms with E-state index in [0.29, 0.717) is 19.3 Å². The number of carbonyl (C=O) groups is 1. The van der Waals surface area contributed by atoms with E-state index in [1.807, 2.05) is 0 Å². The van der Waals surface area contributed by atoms with Gasteiger partial charge in [-0.3, -0.25) is 4.79 Å². The number of hydrogen-bond donors (Lipinski definition) is 8. The first kappa shape index (κ1) is 65.6. The molecule has 1 amide bonds. The number of nitrogens with one attached hydrogen (secondary N) is 1. The summed E-state index contributed by atoms with van der Waals surface area (Å²) in [6, 6.07) is -1.19. The maximum absolute atomic E-state index is 13.2. The Morgan fingerprint density at radius 2 is 0.870 bits per heavy atom. The van der Waals surface area contributed by atoms with Crippen LogP contribution in [-0.4, -0.2) is 110 Å². The number of rotatable bonds is 50. The SMILES string of the molecule is CCCCCCCCCCCCCCCCCC/C=C/CC/C=C/CCCC(O)C(O)C(COC1OC(CO)C(O)C(O)C1O)NC(=O)C(O)CCCCCCCCCCCCCCCCCCC. The van der Waals surface area contributed by atoms with Gasteiger partial charge >= 0.3 is 0 Å². The van der Waals surface area contributed by atoms with Crippen LogP contribution in [0.5, 0.6) is 0 Å². The van der Waals surface area contributed by atoms with Gasteiger partial charge in [-0.2, -0.15) is 0 Å². The minimum absolute atomic E-state index is 0.249. The number of aliphatic hydroxyl groups excluding tert-OH is 7. The molecule has 1 fully saturated rings. The molecule has 9 unspecified atom stereocenters. The predicted octanol–water partition coefficient (Wildman–Crippen LogP) is 12.1. The number of hydrogen-bond acceptors (Lipinski definition) is 10. The molecule has 11 heteroatoms. The maximum atomic E-state index is 13.2. The highest BCUT2D eigenvalue weighted by Gasteiger charge is 2.44. The van der Waals surface area contributed by atoms with Crippen molar-refractivity contribution >= 4 is 5.91 Å². The van der Waals surface area contributed by atoms with E-state index < -0.39 is 74.2 Å². The molecule has 8 N–H and O–H groups in total. The third-order valence-corrected chi connectivity index (χ3v) is 14.2. The quantitative estimate of drug-likeness (QED) is 0.0215. The highest BCUT2D eigenvalue weighted by Crippen LogP contribution is 2.23. The Kier molecular flexibility index (Phi) is 45.2. The number of carbonyl (C=O) groups excluding carboxylic acids is 1. The molecule has 0 aromatic carbocycles. The standard InChI is InChI=1S/C58H111NO10/c1-3-5-7-9-11-13-15-17-19-21-22-23-24-25-26-27-28-30-31-33-35-37-39-41-43-45-50(61)53(63)49(48-68-58-56(66)55(65)54(64)52(47-60)69-58)59-57(67)51(62)46-44-42-40-38-36-34-32-29-20-18-16-14-12-10-8-6-4-2/h30-31,37,39,49-56,58,60-66H,3-29,32-36,38,40-48H2,1-2H3,(H,59,67)/b31-30+,39-37+. The van der Waals surface area contributed by atoms with Crippen molar-refractivity contribution in [3.05, 3.63) is 24.3 Å². The Labute approximate surface area is 423 Å². The first-order valence-corrected chi connectivity index (χ1v) is 29.2. The smallest absolute Gasteiger partial charge is 0.249 e. The van der Waals surface area contributed by atoms with E-state index in [9.17, 15) is 40.5 Å². The van der Waals surface area contributed by atoms with Crippen LogP contribution in [0.25, 0.3) is 0 Å². The summed E-state index contributed by atoms with van der Waals surface area (Å²) in [6.07, 6.45) is 45.2. The summed E-state index contributed by atoms with van der Waals surface area (Å²) < 4.78 is 11.1. The summed E-state index contributed by atoms with van der Waals surface area (Å²) in [5.41, 5.74) is 0. The second kappa shape index (κ2) is 47.6. The maximum Gasteiger partial charge on any atom is 0.249 e. The van der Waals surface area contributed by atoms with Crippen molar-refractivity contribution in [1.82, 2.24) is 5.32 Å². The van der Waals surface area contributed by atoms with Crippen molar-refractivity contribution < 1.29 is 50.0 Å². The lowest BCUT2D eigenvalue weighted by Crippen LogP contribution is -2.60. The molecule has 0 saturated carbocycles. The molecule has 11 nitrogen and oxygen atoms in total. The summed E-state index contributed by atoms with van der Waals surface area (Å²) in [4.78, 5) is 13.2. The molecule has 1 saturated heterocycles. The van der Waals surface area contributed by atoms with Crippen LogP contribution in [0.3, 0.4) is 0 Å². The van der Waals surface area contributed by atoms with Gasteiger partial charge in [0.05, 0.1) is 25.4 Å². The topological polar surface area (TPSA) is 189 Å². The average Bonchev–Trinajstić information content (AvgIpc) is 3.35. The third kappa shape index (κ3) is 36.2. The van der Waals surface area contributed by atoms with Gasteiger partial charge in [0.2, 0.25) is 5.91 Å². The van der Waals surface area contributed by atoms with Crippen molar-refractivity contribution in [1.29, 1.82) is 0 Å². The Balaban J connectivity index is 2.33. The number of amides is 1. The molecule has 408 valence electrons. The minimum Gasteiger partial charge on any atom is -0.394 e. The van der Waals surface area contributed by atoms with E-state index in [0.717, 1.165) is 38.5 Å². The van der Waals surface area contributed by atoms with E-state index in [1.165, 1.54) is 186 Å². The van der Waals surface area contributed by atoms with E-state index in [2.05, 4.69) is 43.5 Å². The summed E-state index contributed by atoms with van der Waals surface area (Å²) >= 11 is 0. The second-order valence-corrected chi connectivity index (χ2v) is 20.7. The van der Waals surface area contributed by atoms with E-state index in [-0.39, 0.29) is 12.8 Å². The molecule has 0 aromatic heterocycles. The highest BCUT2D eigenvalue weighted by molar-refractivity contribution is 5.80. The average molecular weight is 983 g/mol. The Hall–Kier alpha value is -1.41.